The van der Waals surface area contributed by atoms with Crippen LogP contribution in [0.15, 0.2) is 0 Å². The first-order valence-corrected chi connectivity index (χ1v) is 7.11. The monoisotopic (exact) mass is 276 g/mol. The highest BCUT2D eigenvalue weighted by atomic mass is 79.9. The average molecular weight is 277 g/mol. The molecule has 2 rings (SSSR count). The van der Waals surface area contributed by atoms with Crippen LogP contribution in [0.25, 0.3) is 0 Å². The van der Waals surface area contributed by atoms with Gasteiger partial charge in [0, 0.05) is 11.4 Å². The highest BCUT2D eigenvalue weighted by Crippen LogP contribution is 2.29. The van der Waals surface area contributed by atoms with Crippen molar-refractivity contribution >= 4 is 15.9 Å². The maximum atomic E-state index is 5.83. The van der Waals surface area contributed by atoms with Crippen molar-refractivity contribution in [3.05, 3.63) is 0 Å². The molecule has 0 aromatic heterocycles. The number of hydrogen-bond acceptors (Lipinski definition) is 2. The molecule has 2 saturated carbocycles. The van der Waals surface area contributed by atoms with Crippen LogP contribution in [0.4, 0.5) is 0 Å². The first kappa shape index (κ1) is 11.9. The van der Waals surface area contributed by atoms with Gasteiger partial charge in [-0.1, -0.05) is 28.8 Å². The molecular formula is C12H21BrO2. The Labute approximate surface area is 101 Å². The van der Waals surface area contributed by atoms with Gasteiger partial charge in [-0.15, -0.1) is 0 Å². The summed E-state index contributed by atoms with van der Waals surface area (Å²) in [6.45, 7) is 2.48. The molecule has 3 heteroatoms. The van der Waals surface area contributed by atoms with Crippen LogP contribution < -0.4 is 0 Å². The van der Waals surface area contributed by atoms with Crippen LogP contribution in [0.1, 0.15) is 38.5 Å². The smallest absolute Gasteiger partial charge is 0.0704 e. The Morgan fingerprint density at radius 2 is 1.80 bits per heavy atom. The van der Waals surface area contributed by atoms with Crippen molar-refractivity contribution in [3.8, 4) is 0 Å². The van der Waals surface area contributed by atoms with E-state index in [9.17, 15) is 0 Å². The molecule has 2 aliphatic rings. The Balaban J connectivity index is 1.48. The number of alkyl halides is 1. The first-order valence-electron chi connectivity index (χ1n) is 6.19. The number of hydrogen-bond donors (Lipinski definition) is 0. The van der Waals surface area contributed by atoms with E-state index in [0.717, 1.165) is 25.7 Å². The minimum absolute atomic E-state index is 0.420. The molecule has 2 aliphatic carbocycles. The summed E-state index contributed by atoms with van der Waals surface area (Å²) in [5.74, 6) is 0.864. The summed E-state index contributed by atoms with van der Waals surface area (Å²) in [6, 6.07) is 0. The molecule has 2 nitrogen and oxygen atoms in total. The van der Waals surface area contributed by atoms with E-state index >= 15 is 0 Å². The van der Waals surface area contributed by atoms with E-state index in [0.29, 0.717) is 10.9 Å². The Kier molecular flexibility index (Phi) is 4.92. The zero-order chi connectivity index (χ0) is 10.5. The second-order valence-corrected chi connectivity index (χ2v) is 5.90. The van der Waals surface area contributed by atoms with Crippen LogP contribution in [-0.4, -0.2) is 30.8 Å². The third kappa shape index (κ3) is 4.41. The Bertz CT molecular complexity index is 182. The molecule has 2 fully saturated rings. The number of halogens is 1. The van der Waals surface area contributed by atoms with E-state index in [2.05, 4.69) is 15.9 Å². The van der Waals surface area contributed by atoms with Crippen molar-refractivity contribution in [2.75, 3.05) is 19.8 Å². The molecule has 2 unspecified atom stereocenters. The molecule has 15 heavy (non-hydrogen) atoms. The molecule has 0 heterocycles. The van der Waals surface area contributed by atoms with E-state index < -0.39 is 0 Å². The standard InChI is InChI=1S/C12H21BrO2/c13-11-3-1-2-4-12(11)15-8-7-14-9-10-5-6-10/h10-12H,1-9H2. The predicted octanol–water partition coefficient (Wildman–Crippen LogP) is 3.14. The van der Waals surface area contributed by atoms with Crippen molar-refractivity contribution in [2.45, 2.75) is 49.5 Å². The topological polar surface area (TPSA) is 18.5 Å². The third-order valence-electron chi connectivity index (χ3n) is 3.23. The number of ether oxygens (including phenoxy) is 2. The van der Waals surface area contributed by atoms with Gasteiger partial charge in [-0.3, -0.25) is 0 Å². The van der Waals surface area contributed by atoms with Crippen LogP contribution in [0.5, 0.6) is 0 Å². The van der Waals surface area contributed by atoms with Gasteiger partial charge in [-0.25, -0.2) is 0 Å². The largest absolute Gasteiger partial charge is 0.379 e. The molecule has 2 atom stereocenters. The molecule has 0 radical (unpaired) electrons. The summed E-state index contributed by atoms with van der Waals surface area (Å²) >= 11 is 3.69. The first-order chi connectivity index (χ1) is 7.36. The van der Waals surface area contributed by atoms with Gasteiger partial charge in [0.25, 0.3) is 0 Å². The van der Waals surface area contributed by atoms with Crippen LogP contribution in [0.2, 0.25) is 0 Å². The normalized spacial score (nSPS) is 31.8. The average Bonchev–Trinajstić information content (AvgIpc) is 3.04. The minimum atomic E-state index is 0.420. The van der Waals surface area contributed by atoms with Crippen molar-refractivity contribution in [1.29, 1.82) is 0 Å². The van der Waals surface area contributed by atoms with Crippen molar-refractivity contribution in [1.82, 2.24) is 0 Å². The van der Waals surface area contributed by atoms with Gasteiger partial charge >= 0.3 is 0 Å². The minimum Gasteiger partial charge on any atom is -0.379 e. The molecule has 0 spiro atoms. The zero-order valence-electron chi connectivity index (χ0n) is 9.29. The summed E-state index contributed by atoms with van der Waals surface area (Å²) < 4.78 is 11.4. The summed E-state index contributed by atoms with van der Waals surface area (Å²) in [6.07, 6.45) is 8.28. The van der Waals surface area contributed by atoms with Crippen molar-refractivity contribution in [3.63, 3.8) is 0 Å². The van der Waals surface area contributed by atoms with Gasteiger partial charge in [-0.05, 0) is 31.6 Å². The second-order valence-electron chi connectivity index (χ2n) is 4.73. The fraction of sp³-hybridized carbons (Fsp3) is 1.00. The molecular weight excluding hydrogens is 256 g/mol. The van der Waals surface area contributed by atoms with Gasteiger partial charge in [0.05, 0.1) is 19.3 Å². The van der Waals surface area contributed by atoms with Crippen molar-refractivity contribution < 1.29 is 9.47 Å². The Morgan fingerprint density at radius 1 is 1.00 bits per heavy atom. The fourth-order valence-corrected chi connectivity index (χ4v) is 2.77. The lowest BCUT2D eigenvalue weighted by atomic mass is 9.98. The van der Waals surface area contributed by atoms with Crippen LogP contribution in [0.3, 0.4) is 0 Å². The van der Waals surface area contributed by atoms with E-state index in [4.69, 9.17) is 9.47 Å². The Morgan fingerprint density at radius 3 is 2.53 bits per heavy atom. The molecule has 0 aromatic rings. The Hall–Kier alpha value is 0.400. The fourth-order valence-electron chi connectivity index (χ4n) is 2.03. The van der Waals surface area contributed by atoms with E-state index in [1.807, 2.05) is 0 Å². The van der Waals surface area contributed by atoms with Gasteiger partial charge < -0.3 is 9.47 Å². The van der Waals surface area contributed by atoms with E-state index in [1.54, 1.807) is 0 Å². The lowest BCUT2D eigenvalue weighted by molar-refractivity contribution is -0.00793. The third-order valence-corrected chi connectivity index (χ3v) is 4.28. The van der Waals surface area contributed by atoms with Crippen LogP contribution >= 0.6 is 15.9 Å². The summed E-state index contributed by atoms with van der Waals surface area (Å²) in [5.41, 5.74) is 0. The molecule has 0 N–H and O–H groups in total. The molecule has 0 bridgehead atoms. The van der Waals surface area contributed by atoms with Crippen LogP contribution in [0, 0.1) is 5.92 Å². The van der Waals surface area contributed by atoms with Crippen molar-refractivity contribution in [2.24, 2.45) is 5.92 Å². The van der Waals surface area contributed by atoms with Gasteiger partial charge in [-0.2, -0.15) is 0 Å². The lowest BCUT2D eigenvalue weighted by Gasteiger charge is -2.27. The predicted molar refractivity (Wildman–Crippen MR) is 64.5 cm³/mol. The van der Waals surface area contributed by atoms with E-state index in [1.165, 1.54) is 38.5 Å². The van der Waals surface area contributed by atoms with Crippen LogP contribution in [-0.2, 0) is 9.47 Å². The number of rotatable bonds is 6. The molecule has 0 amide bonds. The maximum absolute atomic E-state index is 5.83. The molecule has 0 saturated heterocycles. The molecule has 88 valence electrons. The lowest BCUT2D eigenvalue weighted by Crippen LogP contribution is -2.29. The highest BCUT2D eigenvalue weighted by molar-refractivity contribution is 9.09. The summed E-state index contributed by atoms with van der Waals surface area (Å²) in [5, 5.41) is 0. The summed E-state index contributed by atoms with van der Waals surface area (Å²) in [7, 11) is 0. The second kappa shape index (κ2) is 6.21. The van der Waals surface area contributed by atoms with Gasteiger partial charge in [0.2, 0.25) is 0 Å². The molecule has 0 aliphatic heterocycles. The van der Waals surface area contributed by atoms with Gasteiger partial charge in [0.1, 0.15) is 0 Å². The molecule has 0 aromatic carbocycles. The summed E-state index contributed by atoms with van der Waals surface area (Å²) in [4.78, 5) is 0.565. The zero-order valence-corrected chi connectivity index (χ0v) is 10.9. The SMILES string of the molecule is BrC1CCCCC1OCCOCC1CC1. The van der Waals surface area contributed by atoms with E-state index in [-0.39, 0.29) is 0 Å². The highest BCUT2D eigenvalue weighted by Gasteiger charge is 2.23. The van der Waals surface area contributed by atoms with Gasteiger partial charge in [0.15, 0.2) is 0 Å². The quantitative estimate of drug-likeness (QED) is 0.548. The maximum Gasteiger partial charge on any atom is 0.0704 e.